The minimum Gasteiger partial charge on any atom is -0.351 e. The van der Waals surface area contributed by atoms with Crippen molar-refractivity contribution >= 4 is 35.3 Å². The Morgan fingerprint density at radius 3 is 2.48 bits per heavy atom. The largest absolute Gasteiger partial charge is 0.351 e. The number of urea groups is 1. The molecule has 0 radical (unpaired) electrons. The molecule has 2 saturated heterocycles. The Morgan fingerprint density at radius 2 is 1.82 bits per heavy atom. The molecule has 6 nitrogen and oxygen atoms in total. The fraction of sp³-hybridized carbons (Fsp3) is 0.360. The number of benzene rings is 2. The number of rotatable bonds is 6. The lowest BCUT2D eigenvalue weighted by Crippen LogP contribution is -2.57. The molecule has 0 aliphatic carbocycles. The lowest BCUT2D eigenvalue weighted by atomic mass is 9.81. The maximum absolute atomic E-state index is 13.1. The molecule has 2 aromatic carbocycles. The Bertz CT molecular complexity index is 1030. The molecule has 2 aromatic rings. The third-order valence-corrected chi connectivity index (χ3v) is 6.65. The first-order valence-corrected chi connectivity index (χ1v) is 11.6. The highest BCUT2D eigenvalue weighted by Gasteiger charge is 2.39. The van der Waals surface area contributed by atoms with Crippen LogP contribution in [0.15, 0.2) is 48.5 Å². The average Bonchev–Trinajstić information content (AvgIpc) is 2.77. The molecule has 4 N–H and O–H groups in total. The van der Waals surface area contributed by atoms with Gasteiger partial charge in [-0.1, -0.05) is 29.8 Å². The topological polar surface area (TPSA) is 87.5 Å². The molecular weight excluding hydrogens is 443 g/mol. The van der Waals surface area contributed by atoms with E-state index < -0.39 is 6.03 Å². The van der Waals surface area contributed by atoms with Crippen LogP contribution in [0.1, 0.15) is 43.2 Å². The summed E-state index contributed by atoms with van der Waals surface area (Å²) in [7, 11) is 0. The molecule has 0 aromatic heterocycles. The summed E-state index contributed by atoms with van der Waals surface area (Å²) in [5.41, 5.74) is 7.41. The number of carbonyl (C=O) groups is 2. The Hall–Kier alpha value is -2.90. The van der Waals surface area contributed by atoms with Crippen LogP contribution < -0.4 is 16.4 Å². The van der Waals surface area contributed by atoms with Crippen LogP contribution >= 0.6 is 11.6 Å². The molecule has 2 aliphatic rings. The van der Waals surface area contributed by atoms with E-state index in [9.17, 15) is 14.0 Å². The van der Waals surface area contributed by atoms with E-state index in [-0.39, 0.29) is 23.8 Å². The number of primary amides is 1. The Morgan fingerprint density at radius 1 is 1.12 bits per heavy atom. The number of anilines is 1. The van der Waals surface area contributed by atoms with Crippen LogP contribution in [0.5, 0.6) is 0 Å². The summed E-state index contributed by atoms with van der Waals surface area (Å²) in [6, 6.07) is 11.6. The second-order valence-corrected chi connectivity index (χ2v) is 9.15. The minimum absolute atomic E-state index is 0.0262. The molecule has 0 saturated carbocycles. The van der Waals surface area contributed by atoms with Gasteiger partial charge in [0.25, 0.3) is 0 Å². The van der Waals surface area contributed by atoms with E-state index in [4.69, 9.17) is 17.3 Å². The van der Waals surface area contributed by atoms with Crippen molar-refractivity contribution in [2.24, 2.45) is 5.73 Å². The number of hydrogen-bond acceptors (Lipinski definition) is 3. The van der Waals surface area contributed by atoms with Crippen LogP contribution in [0.25, 0.3) is 6.08 Å². The number of amides is 3. The van der Waals surface area contributed by atoms with Gasteiger partial charge in [0.2, 0.25) is 5.91 Å². The first-order valence-electron chi connectivity index (χ1n) is 11.2. The van der Waals surface area contributed by atoms with E-state index >= 15 is 0 Å². The lowest BCUT2D eigenvalue weighted by molar-refractivity contribution is -0.135. The molecule has 2 atom stereocenters. The van der Waals surface area contributed by atoms with Gasteiger partial charge in [-0.2, -0.15) is 0 Å². The van der Waals surface area contributed by atoms with Crippen LogP contribution in [-0.2, 0) is 11.3 Å². The second kappa shape index (κ2) is 10.4. The van der Waals surface area contributed by atoms with Crippen molar-refractivity contribution in [1.82, 2.24) is 10.2 Å². The quantitative estimate of drug-likeness (QED) is 0.535. The van der Waals surface area contributed by atoms with Gasteiger partial charge in [0.05, 0.1) is 5.69 Å². The normalized spacial score (nSPS) is 22.4. The number of nitrogens with zero attached hydrogens (tertiary/aromatic N) is 1. The minimum atomic E-state index is -0.692. The highest BCUT2D eigenvalue weighted by molar-refractivity contribution is 6.31. The fourth-order valence-corrected chi connectivity index (χ4v) is 5.11. The summed E-state index contributed by atoms with van der Waals surface area (Å²) in [6.45, 7) is 0.685. The van der Waals surface area contributed by atoms with Crippen molar-refractivity contribution < 1.29 is 14.0 Å². The monoisotopic (exact) mass is 470 g/mol. The molecule has 4 rings (SSSR count). The van der Waals surface area contributed by atoms with E-state index in [0.29, 0.717) is 28.9 Å². The van der Waals surface area contributed by atoms with Crippen molar-refractivity contribution in [3.63, 3.8) is 0 Å². The summed E-state index contributed by atoms with van der Waals surface area (Å²) in [5.74, 6) is -0.258. The Kier molecular flexibility index (Phi) is 7.30. The molecule has 2 heterocycles. The summed E-state index contributed by atoms with van der Waals surface area (Å²) in [5, 5.41) is 6.60. The van der Waals surface area contributed by atoms with E-state index in [1.165, 1.54) is 12.1 Å². The molecule has 2 bridgehead atoms. The van der Waals surface area contributed by atoms with Gasteiger partial charge in [-0.25, -0.2) is 9.18 Å². The van der Waals surface area contributed by atoms with E-state index in [0.717, 1.165) is 37.7 Å². The number of nitrogens with two attached hydrogens (primary N) is 1. The standard InChI is InChI=1S/C25H28ClFN4O2/c26-18-8-6-17(23(12-18)30-25(28)33)7-11-24(32)31-21-2-1-3-22(31)14-20(13-21)29-15-16-4-9-19(27)10-5-16/h4-12,20-22,29H,1-3,13-15H2,(H3,28,30,33)/b11-7+. The maximum Gasteiger partial charge on any atom is 0.316 e. The van der Waals surface area contributed by atoms with Gasteiger partial charge in [0, 0.05) is 35.8 Å². The Labute approximate surface area is 198 Å². The summed E-state index contributed by atoms with van der Waals surface area (Å²) in [4.78, 5) is 26.5. The van der Waals surface area contributed by atoms with Gasteiger partial charge >= 0.3 is 6.03 Å². The summed E-state index contributed by atoms with van der Waals surface area (Å²) in [6.07, 6.45) is 8.14. The molecule has 2 fully saturated rings. The smallest absolute Gasteiger partial charge is 0.316 e. The zero-order valence-electron chi connectivity index (χ0n) is 18.3. The lowest BCUT2D eigenvalue weighted by Gasteiger charge is -2.48. The molecule has 33 heavy (non-hydrogen) atoms. The van der Waals surface area contributed by atoms with Gasteiger partial charge in [0.15, 0.2) is 0 Å². The van der Waals surface area contributed by atoms with E-state index in [2.05, 4.69) is 10.6 Å². The third-order valence-electron chi connectivity index (χ3n) is 6.42. The maximum atomic E-state index is 13.1. The fourth-order valence-electron chi connectivity index (χ4n) is 4.93. The second-order valence-electron chi connectivity index (χ2n) is 8.71. The molecule has 2 aliphatic heterocycles. The van der Waals surface area contributed by atoms with Gasteiger partial charge in [-0.3, -0.25) is 4.79 Å². The van der Waals surface area contributed by atoms with Gasteiger partial charge in [-0.15, -0.1) is 0 Å². The van der Waals surface area contributed by atoms with Gasteiger partial charge in [0.1, 0.15) is 5.82 Å². The molecule has 8 heteroatoms. The molecule has 2 unspecified atom stereocenters. The predicted molar refractivity (Wildman–Crippen MR) is 128 cm³/mol. The number of hydrogen-bond donors (Lipinski definition) is 3. The third kappa shape index (κ3) is 5.92. The van der Waals surface area contributed by atoms with Crippen LogP contribution in [0.2, 0.25) is 5.02 Å². The first-order chi connectivity index (χ1) is 15.9. The van der Waals surface area contributed by atoms with Crippen molar-refractivity contribution in [2.75, 3.05) is 5.32 Å². The number of nitrogens with one attached hydrogen (secondary N) is 2. The van der Waals surface area contributed by atoms with Crippen molar-refractivity contribution in [2.45, 2.75) is 56.8 Å². The zero-order chi connectivity index (χ0) is 23.4. The summed E-state index contributed by atoms with van der Waals surface area (Å²) < 4.78 is 13.1. The van der Waals surface area contributed by atoms with E-state index in [1.54, 1.807) is 42.5 Å². The number of fused-ring (bicyclic) bond motifs is 2. The van der Waals surface area contributed by atoms with Crippen molar-refractivity contribution in [3.8, 4) is 0 Å². The zero-order valence-corrected chi connectivity index (χ0v) is 19.0. The first kappa shape index (κ1) is 23.3. The highest BCUT2D eigenvalue weighted by Crippen LogP contribution is 2.34. The van der Waals surface area contributed by atoms with E-state index in [1.807, 2.05) is 4.90 Å². The number of carbonyl (C=O) groups excluding carboxylic acids is 2. The molecule has 174 valence electrons. The number of halogens is 2. The SMILES string of the molecule is NC(=O)Nc1cc(Cl)ccc1/C=C/C(=O)N1C2CCCC1CC(NCc1ccc(F)cc1)C2. The van der Waals surface area contributed by atoms with Gasteiger partial charge in [-0.05, 0) is 73.6 Å². The Balaban J connectivity index is 1.41. The van der Waals surface area contributed by atoms with Crippen LogP contribution in [-0.4, -0.2) is 35.0 Å². The van der Waals surface area contributed by atoms with Crippen LogP contribution in [0.3, 0.4) is 0 Å². The van der Waals surface area contributed by atoms with Crippen LogP contribution in [0.4, 0.5) is 14.9 Å². The predicted octanol–water partition coefficient (Wildman–Crippen LogP) is 4.68. The van der Waals surface area contributed by atoms with Crippen molar-refractivity contribution in [1.29, 1.82) is 0 Å². The van der Waals surface area contributed by atoms with Crippen molar-refractivity contribution in [3.05, 3.63) is 70.5 Å². The van der Waals surface area contributed by atoms with Crippen LogP contribution in [0, 0.1) is 5.82 Å². The average molecular weight is 471 g/mol. The molecule has 0 spiro atoms. The highest BCUT2D eigenvalue weighted by atomic mass is 35.5. The summed E-state index contributed by atoms with van der Waals surface area (Å²) >= 11 is 6.02. The molecule has 3 amide bonds. The van der Waals surface area contributed by atoms with Gasteiger partial charge < -0.3 is 21.3 Å². The number of piperidine rings is 2. The molecular formula is C25H28ClFN4O2.